The lowest BCUT2D eigenvalue weighted by Crippen LogP contribution is -2.11. The van der Waals surface area contributed by atoms with E-state index in [0.29, 0.717) is 11.4 Å². The molecule has 0 saturated carbocycles. The summed E-state index contributed by atoms with van der Waals surface area (Å²) in [7, 11) is 1.34. The second-order valence-electron chi connectivity index (χ2n) is 3.20. The predicted octanol–water partition coefficient (Wildman–Crippen LogP) is 1.31. The zero-order valence-corrected chi connectivity index (χ0v) is 8.73. The zero-order chi connectivity index (χ0) is 11.5. The van der Waals surface area contributed by atoms with Gasteiger partial charge in [0.15, 0.2) is 0 Å². The van der Waals surface area contributed by atoms with E-state index < -0.39 is 5.97 Å². The van der Waals surface area contributed by atoms with E-state index in [2.05, 4.69) is 15.1 Å². The number of anilines is 1. The van der Waals surface area contributed by atoms with Crippen LogP contribution in [0.15, 0.2) is 30.5 Å². The summed E-state index contributed by atoms with van der Waals surface area (Å²) in [6.45, 7) is 0. The Balaban J connectivity index is 2.74. The summed E-state index contributed by atoms with van der Waals surface area (Å²) < 4.78 is 4.69. The molecule has 2 rings (SSSR count). The van der Waals surface area contributed by atoms with Gasteiger partial charge in [0.25, 0.3) is 0 Å². The molecule has 0 amide bonds. The Kier molecular flexibility index (Phi) is 2.70. The Bertz CT molecular complexity index is 540. The molecule has 0 aliphatic rings. The molecule has 0 saturated heterocycles. The summed E-state index contributed by atoms with van der Waals surface area (Å²) in [6, 6.07) is 7.36. The first kappa shape index (κ1) is 10.4. The molecule has 1 heterocycles. The zero-order valence-electron chi connectivity index (χ0n) is 8.73. The van der Waals surface area contributed by atoms with Crippen molar-refractivity contribution >= 4 is 22.6 Å². The van der Waals surface area contributed by atoms with E-state index in [0.717, 1.165) is 10.8 Å². The van der Waals surface area contributed by atoms with Crippen LogP contribution in [0.25, 0.3) is 10.8 Å². The fraction of sp³-hybridized carbons (Fsp3) is 0.0909. The van der Waals surface area contributed by atoms with Crippen LogP contribution in [-0.4, -0.2) is 18.1 Å². The first-order chi connectivity index (χ1) is 7.77. The molecule has 0 aliphatic heterocycles. The van der Waals surface area contributed by atoms with Crippen molar-refractivity contribution in [1.82, 2.24) is 4.98 Å². The fourth-order valence-corrected chi connectivity index (χ4v) is 1.58. The maximum atomic E-state index is 11.5. The molecule has 1 aromatic heterocycles. The third-order valence-corrected chi connectivity index (χ3v) is 2.34. The number of carbonyl (C=O) groups excluding carboxylic acids is 1. The summed E-state index contributed by atoms with van der Waals surface area (Å²) in [6.07, 6.45) is 1.45. The van der Waals surface area contributed by atoms with Gasteiger partial charge in [-0.15, -0.1) is 0 Å². The lowest BCUT2D eigenvalue weighted by Gasteiger charge is -2.07. The largest absolute Gasteiger partial charge is 0.465 e. The highest BCUT2D eigenvalue weighted by molar-refractivity contribution is 6.07. The number of nitrogens with one attached hydrogen (secondary N) is 1. The van der Waals surface area contributed by atoms with Crippen LogP contribution in [0.1, 0.15) is 10.4 Å². The Morgan fingerprint density at radius 3 is 2.69 bits per heavy atom. The Morgan fingerprint density at radius 2 is 2.06 bits per heavy atom. The molecule has 0 atom stereocenters. The number of fused-ring (bicyclic) bond motifs is 1. The quantitative estimate of drug-likeness (QED) is 0.450. The summed E-state index contributed by atoms with van der Waals surface area (Å²) in [5.41, 5.74) is 2.92. The first-order valence-electron chi connectivity index (χ1n) is 4.70. The topological polar surface area (TPSA) is 77.2 Å². The van der Waals surface area contributed by atoms with Gasteiger partial charge in [0.05, 0.1) is 12.7 Å². The minimum Gasteiger partial charge on any atom is -0.465 e. The van der Waals surface area contributed by atoms with Gasteiger partial charge in [0.1, 0.15) is 5.82 Å². The van der Waals surface area contributed by atoms with Crippen molar-refractivity contribution in [2.75, 3.05) is 12.5 Å². The van der Waals surface area contributed by atoms with Crippen molar-refractivity contribution in [3.8, 4) is 0 Å². The second kappa shape index (κ2) is 4.16. The predicted molar refractivity (Wildman–Crippen MR) is 60.9 cm³/mol. The molecule has 0 fully saturated rings. The summed E-state index contributed by atoms with van der Waals surface area (Å²) in [5, 5.41) is 1.55. The SMILES string of the molecule is COC(=O)c1cnc(NN)c2ccccc12. The molecule has 0 unspecified atom stereocenters. The third-order valence-electron chi connectivity index (χ3n) is 2.34. The van der Waals surface area contributed by atoms with Gasteiger partial charge >= 0.3 is 5.97 Å². The number of nitrogens with zero attached hydrogens (tertiary/aromatic N) is 1. The lowest BCUT2D eigenvalue weighted by atomic mass is 10.1. The highest BCUT2D eigenvalue weighted by atomic mass is 16.5. The molecular formula is C11H11N3O2. The van der Waals surface area contributed by atoms with Crippen LogP contribution in [0.5, 0.6) is 0 Å². The third kappa shape index (κ3) is 1.57. The number of nitrogen functional groups attached to an aromatic ring is 1. The normalized spacial score (nSPS) is 10.1. The second-order valence-corrected chi connectivity index (χ2v) is 3.20. The highest BCUT2D eigenvalue weighted by Crippen LogP contribution is 2.23. The standard InChI is InChI=1S/C11H11N3O2/c1-16-11(15)9-6-13-10(14-12)8-5-3-2-4-7(8)9/h2-6H,12H2,1H3,(H,13,14). The number of ether oxygens (including phenoxy) is 1. The number of methoxy groups -OCH3 is 1. The Hall–Kier alpha value is -2.14. The number of nitrogens with two attached hydrogens (primary N) is 1. The van der Waals surface area contributed by atoms with Gasteiger partial charge in [0.2, 0.25) is 0 Å². The smallest absolute Gasteiger partial charge is 0.340 e. The number of esters is 1. The van der Waals surface area contributed by atoms with Crippen molar-refractivity contribution in [2.24, 2.45) is 5.84 Å². The average Bonchev–Trinajstić information content (AvgIpc) is 2.36. The number of rotatable bonds is 2. The van der Waals surface area contributed by atoms with Crippen molar-refractivity contribution < 1.29 is 9.53 Å². The Labute approximate surface area is 92.2 Å². The van der Waals surface area contributed by atoms with Gasteiger partial charge in [-0.3, -0.25) is 0 Å². The van der Waals surface area contributed by atoms with Gasteiger partial charge in [-0.1, -0.05) is 24.3 Å². The van der Waals surface area contributed by atoms with Crippen molar-refractivity contribution in [1.29, 1.82) is 0 Å². The minimum absolute atomic E-state index is 0.410. The molecule has 82 valence electrons. The van der Waals surface area contributed by atoms with Crippen LogP contribution in [0.2, 0.25) is 0 Å². The van der Waals surface area contributed by atoms with E-state index in [1.807, 2.05) is 24.3 Å². The number of hydrazine groups is 1. The van der Waals surface area contributed by atoms with Gasteiger partial charge < -0.3 is 10.2 Å². The lowest BCUT2D eigenvalue weighted by molar-refractivity contribution is 0.0602. The van der Waals surface area contributed by atoms with Crippen LogP contribution in [0.4, 0.5) is 5.82 Å². The molecule has 0 aliphatic carbocycles. The van der Waals surface area contributed by atoms with E-state index in [1.54, 1.807) is 0 Å². The molecule has 1 aromatic carbocycles. The maximum absolute atomic E-state index is 11.5. The number of aromatic nitrogens is 1. The molecule has 0 spiro atoms. The van der Waals surface area contributed by atoms with E-state index in [9.17, 15) is 4.79 Å². The molecule has 0 radical (unpaired) electrons. The Morgan fingerprint density at radius 1 is 1.38 bits per heavy atom. The number of carbonyl (C=O) groups is 1. The highest BCUT2D eigenvalue weighted by Gasteiger charge is 2.12. The molecular weight excluding hydrogens is 206 g/mol. The molecule has 0 bridgehead atoms. The van der Waals surface area contributed by atoms with Crippen molar-refractivity contribution in [3.63, 3.8) is 0 Å². The molecule has 5 heteroatoms. The van der Waals surface area contributed by atoms with Gasteiger partial charge in [0, 0.05) is 17.0 Å². The average molecular weight is 217 g/mol. The van der Waals surface area contributed by atoms with Gasteiger partial charge in [-0.05, 0) is 0 Å². The molecule has 3 N–H and O–H groups in total. The number of pyridine rings is 1. The molecule has 2 aromatic rings. The summed E-state index contributed by atoms with van der Waals surface area (Å²) >= 11 is 0. The van der Waals surface area contributed by atoms with E-state index in [1.165, 1.54) is 13.3 Å². The maximum Gasteiger partial charge on any atom is 0.340 e. The fourth-order valence-electron chi connectivity index (χ4n) is 1.58. The van der Waals surface area contributed by atoms with E-state index >= 15 is 0 Å². The van der Waals surface area contributed by atoms with Crippen LogP contribution < -0.4 is 11.3 Å². The van der Waals surface area contributed by atoms with Crippen molar-refractivity contribution in [3.05, 3.63) is 36.0 Å². The van der Waals surface area contributed by atoms with Crippen LogP contribution in [0.3, 0.4) is 0 Å². The monoisotopic (exact) mass is 217 g/mol. The molecule has 16 heavy (non-hydrogen) atoms. The number of hydrogen-bond donors (Lipinski definition) is 2. The van der Waals surface area contributed by atoms with Crippen LogP contribution in [0, 0.1) is 0 Å². The van der Waals surface area contributed by atoms with Crippen LogP contribution >= 0.6 is 0 Å². The van der Waals surface area contributed by atoms with Crippen molar-refractivity contribution in [2.45, 2.75) is 0 Å². The minimum atomic E-state index is -0.410. The van der Waals surface area contributed by atoms with E-state index in [4.69, 9.17) is 5.84 Å². The van der Waals surface area contributed by atoms with E-state index in [-0.39, 0.29) is 0 Å². The first-order valence-corrected chi connectivity index (χ1v) is 4.70. The van der Waals surface area contributed by atoms with Gasteiger partial charge in [-0.2, -0.15) is 0 Å². The van der Waals surface area contributed by atoms with Crippen LogP contribution in [-0.2, 0) is 4.74 Å². The number of benzene rings is 1. The van der Waals surface area contributed by atoms with Gasteiger partial charge in [-0.25, -0.2) is 15.6 Å². The molecule has 5 nitrogen and oxygen atoms in total. The number of hydrogen-bond acceptors (Lipinski definition) is 5. The summed E-state index contributed by atoms with van der Waals surface area (Å²) in [5.74, 6) is 5.47. The summed E-state index contributed by atoms with van der Waals surface area (Å²) in [4.78, 5) is 15.6.